The van der Waals surface area contributed by atoms with E-state index < -0.39 is 0 Å². The lowest BCUT2D eigenvalue weighted by atomic mass is 10.0. The molecule has 0 bridgehead atoms. The summed E-state index contributed by atoms with van der Waals surface area (Å²) in [6.07, 6.45) is 7.94. The van der Waals surface area contributed by atoms with Crippen molar-refractivity contribution in [2.45, 2.75) is 38.6 Å². The van der Waals surface area contributed by atoms with Gasteiger partial charge in [-0.2, -0.15) is 0 Å². The largest absolute Gasteiger partial charge is 0.495 e. The fraction of sp³-hybridized carbons (Fsp3) is 0.591. The first-order valence-electron chi connectivity index (χ1n) is 10.3. The van der Waals surface area contributed by atoms with E-state index in [0.29, 0.717) is 12.5 Å². The number of ether oxygens (including phenoxy) is 1. The van der Waals surface area contributed by atoms with Crippen LogP contribution in [0.4, 0.5) is 5.69 Å². The van der Waals surface area contributed by atoms with E-state index in [2.05, 4.69) is 39.8 Å². The van der Waals surface area contributed by atoms with Crippen molar-refractivity contribution < 1.29 is 9.53 Å². The topological polar surface area (TPSA) is 36.0 Å². The number of methoxy groups -OCH3 is 1. The average molecular weight is 372 g/mol. The maximum atomic E-state index is 12.4. The number of carbonyl (C=O) groups is 1. The maximum Gasteiger partial charge on any atom is 0.226 e. The summed E-state index contributed by atoms with van der Waals surface area (Å²) in [6.45, 7) is 7.99. The molecule has 5 nitrogen and oxygen atoms in total. The Morgan fingerprint density at radius 2 is 1.93 bits per heavy atom. The fourth-order valence-electron chi connectivity index (χ4n) is 4.18. The van der Waals surface area contributed by atoms with Gasteiger partial charge in [-0.3, -0.25) is 9.69 Å². The van der Waals surface area contributed by atoms with Crippen molar-refractivity contribution in [2.24, 2.45) is 0 Å². The number of hydrogen-bond acceptors (Lipinski definition) is 4. The van der Waals surface area contributed by atoms with Gasteiger partial charge in [-0.05, 0) is 31.4 Å². The number of amides is 1. The Bertz CT molecular complexity index is 638. The molecule has 3 rings (SSSR count). The summed E-state index contributed by atoms with van der Waals surface area (Å²) in [4.78, 5) is 19.5. The number of allylic oxidation sites excluding steroid dienone is 1. The SMILES string of the molecule is CCC=CCC(=O)N1CCCC(N2CCN(c3ccccc3OC)CC2)C1. The summed E-state index contributed by atoms with van der Waals surface area (Å²) >= 11 is 0. The average Bonchev–Trinajstić information content (AvgIpc) is 2.74. The Labute approximate surface area is 163 Å². The number of benzene rings is 1. The third-order valence-corrected chi connectivity index (χ3v) is 5.70. The Morgan fingerprint density at radius 1 is 1.15 bits per heavy atom. The molecular formula is C22H33N3O2. The molecule has 0 aromatic heterocycles. The molecule has 0 aliphatic carbocycles. The number of hydrogen-bond donors (Lipinski definition) is 0. The lowest BCUT2D eigenvalue weighted by Gasteiger charge is -2.44. The molecule has 148 valence electrons. The summed E-state index contributed by atoms with van der Waals surface area (Å²) in [5.41, 5.74) is 1.18. The molecule has 2 aliphatic heterocycles. The molecule has 2 saturated heterocycles. The zero-order valence-corrected chi connectivity index (χ0v) is 16.8. The number of likely N-dealkylation sites (tertiary alicyclic amines) is 1. The molecule has 2 fully saturated rings. The minimum absolute atomic E-state index is 0.275. The number of anilines is 1. The van der Waals surface area contributed by atoms with Crippen LogP contribution in [0, 0.1) is 0 Å². The summed E-state index contributed by atoms with van der Waals surface area (Å²) in [5, 5.41) is 0. The zero-order chi connectivity index (χ0) is 19.1. The molecule has 1 unspecified atom stereocenters. The van der Waals surface area contributed by atoms with Gasteiger partial charge >= 0.3 is 0 Å². The van der Waals surface area contributed by atoms with Gasteiger partial charge in [0.1, 0.15) is 5.75 Å². The molecular weight excluding hydrogens is 338 g/mol. The molecule has 0 radical (unpaired) electrons. The Morgan fingerprint density at radius 3 is 2.67 bits per heavy atom. The molecule has 1 aromatic carbocycles. The minimum Gasteiger partial charge on any atom is -0.495 e. The van der Waals surface area contributed by atoms with E-state index in [4.69, 9.17) is 4.74 Å². The van der Waals surface area contributed by atoms with Crippen LogP contribution in [-0.2, 0) is 4.79 Å². The van der Waals surface area contributed by atoms with Crippen molar-refractivity contribution in [2.75, 3.05) is 51.3 Å². The molecule has 1 amide bonds. The molecule has 2 heterocycles. The van der Waals surface area contributed by atoms with Gasteiger partial charge in [-0.1, -0.05) is 31.2 Å². The standard InChI is InChI=1S/C22H33N3O2/c1-3-4-5-12-22(26)25-13-8-9-19(18-25)23-14-16-24(17-15-23)20-10-6-7-11-21(20)27-2/h4-7,10-11,19H,3,8-9,12-18H2,1-2H3. The predicted molar refractivity (Wildman–Crippen MR) is 110 cm³/mol. The second kappa shape index (κ2) is 9.79. The van der Waals surface area contributed by atoms with Crippen LogP contribution in [0.25, 0.3) is 0 Å². The van der Waals surface area contributed by atoms with Crippen LogP contribution in [0.3, 0.4) is 0 Å². The van der Waals surface area contributed by atoms with Gasteiger partial charge in [0.2, 0.25) is 5.91 Å². The minimum atomic E-state index is 0.275. The number of nitrogens with zero attached hydrogens (tertiary/aromatic N) is 3. The molecule has 0 saturated carbocycles. The van der Waals surface area contributed by atoms with E-state index in [0.717, 1.165) is 57.9 Å². The fourth-order valence-corrected chi connectivity index (χ4v) is 4.18. The van der Waals surface area contributed by atoms with Crippen LogP contribution in [0.15, 0.2) is 36.4 Å². The summed E-state index contributed by atoms with van der Waals surface area (Å²) in [7, 11) is 1.73. The lowest BCUT2D eigenvalue weighted by Crippen LogP contribution is -2.55. The quantitative estimate of drug-likeness (QED) is 0.720. The Hall–Kier alpha value is -2.01. The lowest BCUT2D eigenvalue weighted by molar-refractivity contribution is -0.132. The number of rotatable bonds is 6. The van der Waals surface area contributed by atoms with E-state index in [1.54, 1.807) is 7.11 Å². The van der Waals surface area contributed by atoms with Crippen molar-refractivity contribution in [3.8, 4) is 5.75 Å². The third-order valence-electron chi connectivity index (χ3n) is 5.70. The van der Waals surface area contributed by atoms with Crippen molar-refractivity contribution in [1.29, 1.82) is 0 Å². The summed E-state index contributed by atoms with van der Waals surface area (Å²) in [5.74, 6) is 1.22. The molecule has 0 N–H and O–H groups in total. The predicted octanol–water partition coefficient (Wildman–Crippen LogP) is 3.16. The van der Waals surface area contributed by atoms with Crippen LogP contribution in [0.5, 0.6) is 5.75 Å². The van der Waals surface area contributed by atoms with Gasteiger partial charge in [0.25, 0.3) is 0 Å². The van der Waals surface area contributed by atoms with Gasteiger partial charge in [-0.25, -0.2) is 0 Å². The van der Waals surface area contributed by atoms with Gasteiger partial charge in [0.05, 0.1) is 12.8 Å². The molecule has 5 heteroatoms. The van der Waals surface area contributed by atoms with E-state index in [1.807, 2.05) is 18.2 Å². The monoisotopic (exact) mass is 371 g/mol. The van der Waals surface area contributed by atoms with Gasteiger partial charge in [0.15, 0.2) is 0 Å². The number of piperazine rings is 1. The van der Waals surface area contributed by atoms with Crippen LogP contribution >= 0.6 is 0 Å². The van der Waals surface area contributed by atoms with Gasteiger partial charge < -0.3 is 14.5 Å². The number of para-hydroxylation sites is 2. The number of carbonyl (C=O) groups excluding carboxylic acids is 1. The van der Waals surface area contributed by atoms with Crippen LogP contribution < -0.4 is 9.64 Å². The highest BCUT2D eigenvalue weighted by Crippen LogP contribution is 2.29. The van der Waals surface area contributed by atoms with E-state index >= 15 is 0 Å². The van der Waals surface area contributed by atoms with Crippen molar-refractivity contribution in [3.63, 3.8) is 0 Å². The van der Waals surface area contributed by atoms with E-state index in [-0.39, 0.29) is 5.91 Å². The Balaban J connectivity index is 1.53. The highest BCUT2D eigenvalue weighted by atomic mass is 16.5. The smallest absolute Gasteiger partial charge is 0.226 e. The van der Waals surface area contributed by atoms with Crippen LogP contribution in [0.2, 0.25) is 0 Å². The maximum absolute atomic E-state index is 12.4. The van der Waals surface area contributed by atoms with Crippen LogP contribution in [-0.4, -0.2) is 68.1 Å². The molecule has 1 aromatic rings. The van der Waals surface area contributed by atoms with Crippen molar-refractivity contribution in [1.82, 2.24) is 9.80 Å². The van der Waals surface area contributed by atoms with Crippen molar-refractivity contribution >= 4 is 11.6 Å². The van der Waals surface area contributed by atoms with Gasteiger partial charge in [0, 0.05) is 51.7 Å². The molecule has 2 aliphatic rings. The Kier molecular flexibility index (Phi) is 7.16. The zero-order valence-electron chi connectivity index (χ0n) is 16.8. The van der Waals surface area contributed by atoms with Crippen LogP contribution in [0.1, 0.15) is 32.6 Å². The first kappa shape index (κ1) is 19.7. The van der Waals surface area contributed by atoms with Gasteiger partial charge in [-0.15, -0.1) is 0 Å². The second-order valence-electron chi connectivity index (χ2n) is 7.41. The molecule has 1 atom stereocenters. The normalized spacial score (nSPS) is 21.6. The first-order valence-corrected chi connectivity index (χ1v) is 10.3. The third kappa shape index (κ3) is 5.04. The van der Waals surface area contributed by atoms with E-state index in [9.17, 15) is 4.79 Å². The molecule has 0 spiro atoms. The highest BCUT2D eigenvalue weighted by molar-refractivity contribution is 5.77. The van der Waals surface area contributed by atoms with Crippen molar-refractivity contribution in [3.05, 3.63) is 36.4 Å². The summed E-state index contributed by atoms with van der Waals surface area (Å²) < 4.78 is 5.52. The number of piperidine rings is 1. The second-order valence-corrected chi connectivity index (χ2v) is 7.41. The summed E-state index contributed by atoms with van der Waals surface area (Å²) in [6, 6.07) is 8.75. The first-order chi connectivity index (χ1) is 13.2. The highest BCUT2D eigenvalue weighted by Gasteiger charge is 2.30. The van der Waals surface area contributed by atoms with E-state index in [1.165, 1.54) is 12.1 Å². The molecule has 27 heavy (non-hydrogen) atoms.